The Bertz CT molecular complexity index is 1030. The van der Waals surface area contributed by atoms with E-state index in [4.69, 9.17) is 0 Å². The second kappa shape index (κ2) is 11.7. The SMILES string of the molecule is CCCC[C@H](CC)C(=O)N1CCN(C(=O)CN2CCc3sccc3[C@H]2c2cccc(F)c2)C[C@@H]1C. The number of thiophene rings is 1. The fourth-order valence-corrected chi connectivity index (χ4v) is 6.48. The van der Waals surface area contributed by atoms with Gasteiger partial charge in [0.2, 0.25) is 11.8 Å². The summed E-state index contributed by atoms with van der Waals surface area (Å²) >= 11 is 1.74. The summed E-state index contributed by atoms with van der Waals surface area (Å²) in [6.07, 6.45) is 4.89. The number of nitrogens with zero attached hydrogens (tertiary/aromatic N) is 3. The van der Waals surface area contributed by atoms with Crippen LogP contribution in [0.1, 0.15) is 68.5 Å². The molecule has 3 heterocycles. The highest BCUT2D eigenvalue weighted by molar-refractivity contribution is 7.10. The molecule has 5 nitrogen and oxygen atoms in total. The number of piperazine rings is 1. The van der Waals surface area contributed by atoms with E-state index in [9.17, 15) is 14.0 Å². The normalized spacial score (nSPS) is 21.6. The minimum atomic E-state index is -0.255. The number of hydrogen-bond donors (Lipinski definition) is 0. The molecule has 0 bridgehead atoms. The molecular weight excluding hydrogens is 461 g/mol. The highest BCUT2D eigenvalue weighted by Crippen LogP contribution is 2.38. The van der Waals surface area contributed by atoms with Crippen molar-refractivity contribution in [1.82, 2.24) is 14.7 Å². The number of rotatable bonds is 8. The Morgan fingerprint density at radius 2 is 2.00 bits per heavy atom. The van der Waals surface area contributed by atoms with Crippen molar-refractivity contribution in [3.05, 3.63) is 57.5 Å². The van der Waals surface area contributed by atoms with E-state index < -0.39 is 0 Å². The number of fused-ring (bicyclic) bond motifs is 1. The summed E-state index contributed by atoms with van der Waals surface area (Å²) in [7, 11) is 0. The van der Waals surface area contributed by atoms with Crippen molar-refractivity contribution in [3.63, 3.8) is 0 Å². The van der Waals surface area contributed by atoms with Gasteiger partial charge in [0.1, 0.15) is 5.82 Å². The van der Waals surface area contributed by atoms with Gasteiger partial charge in [-0.3, -0.25) is 14.5 Å². The van der Waals surface area contributed by atoms with Crippen LogP contribution in [0.15, 0.2) is 35.7 Å². The zero-order chi connectivity index (χ0) is 24.9. The molecule has 1 fully saturated rings. The predicted octanol–water partition coefficient (Wildman–Crippen LogP) is 5.11. The molecular formula is C28H38FN3O2S. The third-order valence-electron chi connectivity index (χ3n) is 7.58. The van der Waals surface area contributed by atoms with Crippen LogP contribution in [0.25, 0.3) is 0 Å². The van der Waals surface area contributed by atoms with Crippen molar-refractivity contribution in [1.29, 1.82) is 0 Å². The lowest BCUT2D eigenvalue weighted by molar-refractivity contribution is -0.146. The number of unbranched alkanes of at least 4 members (excludes halogenated alkanes) is 1. The van der Waals surface area contributed by atoms with Gasteiger partial charge in [0.25, 0.3) is 0 Å². The standard InChI is InChI=1S/C28H38FN3O2S/c1-4-6-8-21(5-2)28(34)32-15-14-30(18-20(32)3)26(33)19-31-13-11-25-24(12-16-35-25)27(31)22-9-7-10-23(29)17-22/h7,9-10,12,16-17,20-21,27H,4-6,8,11,13-15,18-19H2,1-3H3/t20-,21-,27+/m0/s1. The number of hydrogen-bond acceptors (Lipinski definition) is 4. The number of carbonyl (C=O) groups is 2. The van der Waals surface area contributed by atoms with E-state index in [-0.39, 0.29) is 35.6 Å². The number of amides is 2. The highest BCUT2D eigenvalue weighted by atomic mass is 32.1. The molecule has 1 aromatic carbocycles. The van der Waals surface area contributed by atoms with Crippen LogP contribution >= 0.6 is 11.3 Å². The minimum absolute atomic E-state index is 0.0136. The largest absolute Gasteiger partial charge is 0.338 e. The molecule has 0 spiro atoms. The van der Waals surface area contributed by atoms with Crippen molar-refractivity contribution in [3.8, 4) is 0 Å². The summed E-state index contributed by atoms with van der Waals surface area (Å²) in [5.41, 5.74) is 2.07. The van der Waals surface area contributed by atoms with E-state index in [2.05, 4.69) is 37.1 Å². The lowest BCUT2D eigenvalue weighted by Gasteiger charge is -2.42. The second-order valence-corrected chi connectivity index (χ2v) is 10.9. The zero-order valence-electron chi connectivity index (χ0n) is 21.2. The first-order chi connectivity index (χ1) is 16.9. The quantitative estimate of drug-likeness (QED) is 0.507. The van der Waals surface area contributed by atoms with Crippen LogP contribution in [-0.2, 0) is 16.0 Å². The molecule has 3 atom stereocenters. The third kappa shape index (κ3) is 5.78. The van der Waals surface area contributed by atoms with E-state index >= 15 is 0 Å². The zero-order valence-corrected chi connectivity index (χ0v) is 22.0. The molecule has 2 aromatic rings. The van der Waals surface area contributed by atoms with Gasteiger partial charge in [-0.05, 0) is 60.9 Å². The Morgan fingerprint density at radius 3 is 2.71 bits per heavy atom. The number of benzene rings is 1. The number of carbonyl (C=O) groups excluding carboxylic acids is 2. The molecule has 2 aliphatic rings. The first kappa shape index (κ1) is 25.8. The van der Waals surface area contributed by atoms with Gasteiger partial charge in [-0.1, -0.05) is 38.8 Å². The molecule has 0 aliphatic carbocycles. The predicted molar refractivity (Wildman–Crippen MR) is 139 cm³/mol. The fraction of sp³-hybridized carbons (Fsp3) is 0.571. The van der Waals surface area contributed by atoms with Crippen LogP contribution in [0.2, 0.25) is 0 Å². The molecule has 0 saturated carbocycles. The lowest BCUT2D eigenvalue weighted by Crippen LogP contribution is -2.58. The van der Waals surface area contributed by atoms with Crippen molar-refractivity contribution >= 4 is 23.2 Å². The second-order valence-electron chi connectivity index (χ2n) is 9.94. The van der Waals surface area contributed by atoms with E-state index in [0.29, 0.717) is 26.2 Å². The average Bonchev–Trinajstić information content (AvgIpc) is 3.33. The summed E-state index contributed by atoms with van der Waals surface area (Å²) in [4.78, 5) is 34.0. The van der Waals surface area contributed by atoms with Crippen LogP contribution in [-0.4, -0.2) is 65.3 Å². The van der Waals surface area contributed by atoms with Crippen LogP contribution in [0.5, 0.6) is 0 Å². The van der Waals surface area contributed by atoms with Gasteiger partial charge < -0.3 is 9.80 Å². The summed E-state index contributed by atoms with van der Waals surface area (Å²) in [6.45, 7) is 9.10. The Labute approximate surface area is 212 Å². The summed E-state index contributed by atoms with van der Waals surface area (Å²) in [5, 5.41) is 2.09. The van der Waals surface area contributed by atoms with Gasteiger partial charge in [-0.2, -0.15) is 0 Å². The average molecular weight is 500 g/mol. The van der Waals surface area contributed by atoms with Crippen molar-refractivity contribution in [2.45, 2.75) is 65.0 Å². The fourth-order valence-electron chi connectivity index (χ4n) is 5.58. The van der Waals surface area contributed by atoms with Crippen molar-refractivity contribution in [2.75, 3.05) is 32.7 Å². The summed E-state index contributed by atoms with van der Waals surface area (Å²) in [6, 6.07) is 8.75. The smallest absolute Gasteiger partial charge is 0.236 e. The van der Waals surface area contributed by atoms with Gasteiger partial charge in [-0.15, -0.1) is 11.3 Å². The molecule has 1 aromatic heterocycles. The molecule has 2 amide bonds. The first-order valence-corrected chi connectivity index (χ1v) is 13.9. The van der Waals surface area contributed by atoms with Gasteiger partial charge in [-0.25, -0.2) is 4.39 Å². The molecule has 7 heteroatoms. The van der Waals surface area contributed by atoms with Crippen molar-refractivity contribution in [2.24, 2.45) is 5.92 Å². The van der Waals surface area contributed by atoms with Gasteiger partial charge in [0, 0.05) is 43.0 Å². The molecule has 190 valence electrons. The molecule has 0 radical (unpaired) electrons. The van der Waals surface area contributed by atoms with Crippen LogP contribution in [0.4, 0.5) is 4.39 Å². The van der Waals surface area contributed by atoms with E-state index in [1.54, 1.807) is 23.5 Å². The molecule has 2 aliphatic heterocycles. The first-order valence-electron chi connectivity index (χ1n) is 13.1. The monoisotopic (exact) mass is 499 g/mol. The van der Waals surface area contributed by atoms with Gasteiger partial charge in [0.15, 0.2) is 0 Å². The van der Waals surface area contributed by atoms with Gasteiger partial charge in [0.05, 0.1) is 12.6 Å². The third-order valence-corrected chi connectivity index (χ3v) is 8.58. The molecule has 4 rings (SSSR count). The molecule has 35 heavy (non-hydrogen) atoms. The van der Waals surface area contributed by atoms with Crippen LogP contribution in [0.3, 0.4) is 0 Å². The maximum Gasteiger partial charge on any atom is 0.236 e. The lowest BCUT2D eigenvalue weighted by atomic mass is 9.93. The molecule has 1 saturated heterocycles. The van der Waals surface area contributed by atoms with E-state index in [1.807, 2.05) is 15.9 Å². The molecule has 0 unspecified atom stereocenters. The molecule has 0 N–H and O–H groups in total. The van der Waals surface area contributed by atoms with Crippen LogP contribution < -0.4 is 0 Å². The Hall–Kier alpha value is -2.25. The van der Waals surface area contributed by atoms with E-state index in [1.165, 1.54) is 16.5 Å². The Morgan fingerprint density at radius 1 is 1.17 bits per heavy atom. The maximum absolute atomic E-state index is 14.1. The summed E-state index contributed by atoms with van der Waals surface area (Å²) in [5.74, 6) is 0.157. The number of halogens is 1. The van der Waals surface area contributed by atoms with Crippen LogP contribution in [0, 0.1) is 11.7 Å². The minimum Gasteiger partial charge on any atom is -0.338 e. The highest BCUT2D eigenvalue weighted by Gasteiger charge is 2.35. The summed E-state index contributed by atoms with van der Waals surface area (Å²) < 4.78 is 14.1. The van der Waals surface area contributed by atoms with Crippen molar-refractivity contribution < 1.29 is 14.0 Å². The maximum atomic E-state index is 14.1. The van der Waals surface area contributed by atoms with Gasteiger partial charge >= 0.3 is 0 Å². The Kier molecular flexibility index (Phi) is 8.60. The van der Waals surface area contributed by atoms with E-state index in [0.717, 1.165) is 44.2 Å². The Balaban J connectivity index is 1.43. The topological polar surface area (TPSA) is 43.9 Å².